The Morgan fingerprint density at radius 2 is 2.18 bits per heavy atom. The van der Waals surface area contributed by atoms with Gasteiger partial charge in [-0.15, -0.1) is 10.2 Å². The van der Waals surface area contributed by atoms with Crippen molar-refractivity contribution in [1.82, 2.24) is 14.8 Å². The highest BCUT2D eigenvalue weighted by Gasteiger charge is 2.34. The second-order valence-electron chi connectivity index (χ2n) is 6.95. The van der Waals surface area contributed by atoms with E-state index >= 15 is 0 Å². The van der Waals surface area contributed by atoms with Crippen LogP contribution in [-0.4, -0.2) is 34.5 Å². The maximum absolute atomic E-state index is 13.2. The second-order valence-corrected chi connectivity index (χ2v) is 6.95. The molecule has 1 aromatic heterocycles. The van der Waals surface area contributed by atoms with Crippen LogP contribution in [0.1, 0.15) is 48.6 Å². The first kappa shape index (κ1) is 20.1. The van der Waals surface area contributed by atoms with E-state index in [1.807, 2.05) is 4.57 Å². The highest BCUT2D eigenvalue weighted by atomic mass is 19.4. The lowest BCUT2D eigenvalue weighted by Crippen LogP contribution is -2.28. The van der Waals surface area contributed by atoms with Crippen molar-refractivity contribution < 1.29 is 17.9 Å². The fourth-order valence-corrected chi connectivity index (χ4v) is 3.70. The molecule has 0 spiro atoms. The van der Waals surface area contributed by atoms with Crippen LogP contribution in [0.2, 0.25) is 0 Å². The van der Waals surface area contributed by atoms with Crippen molar-refractivity contribution in [3.05, 3.63) is 41.5 Å². The van der Waals surface area contributed by atoms with Gasteiger partial charge in [0.2, 0.25) is 0 Å². The smallest absolute Gasteiger partial charge is 0.383 e. The Hall–Kier alpha value is -2.60. The first-order valence-electron chi connectivity index (χ1n) is 9.17. The third kappa shape index (κ3) is 4.62. The number of hydrogen-bond acceptors (Lipinski definition) is 5. The molecule has 1 aliphatic rings. The van der Waals surface area contributed by atoms with Gasteiger partial charge >= 0.3 is 6.18 Å². The molecule has 9 heteroatoms. The Kier molecular flexibility index (Phi) is 6.19. The summed E-state index contributed by atoms with van der Waals surface area (Å²) >= 11 is 0. The van der Waals surface area contributed by atoms with E-state index in [0.717, 1.165) is 37.6 Å². The highest BCUT2D eigenvalue weighted by Crippen LogP contribution is 2.36. The summed E-state index contributed by atoms with van der Waals surface area (Å²) in [6.07, 6.45) is 0.654. The largest absolute Gasteiger partial charge is 0.417 e. The minimum Gasteiger partial charge on any atom is -0.383 e. The molecule has 0 radical (unpaired) electrons. The maximum Gasteiger partial charge on any atom is 0.417 e. The van der Waals surface area contributed by atoms with E-state index in [0.29, 0.717) is 18.8 Å². The third-order valence-corrected chi connectivity index (χ3v) is 5.04. The fourth-order valence-electron chi connectivity index (χ4n) is 3.70. The summed E-state index contributed by atoms with van der Waals surface area (Å²) in [5.41, 5.74) is -0.907. The minimum atomic E-state index is -4.56. The first-order chi connectivity index (χ1) is 13.4. The summed E-state index contributed by atoms with van der Waals surface area (Å²) in [5, 5.41) is 20.4. The van der Waals surface area contributed by atoms with Crippen LogP contribution in [0.15, 0.2) is 24.5 Å². The SMILES string of the molecule is COCCn1cnnc1C1CCCC(Nc2ccc(C#N)c(C(F)(F)F)c2)C1. The molecule has 6 nitrogen and oxygen atoms in total. The zero-order valence-corrected chi connectivity index (χ0v) is 15.5. The number of anilines is 1. The lowest BCUT2D eigenvalue weighted by Gasteiger charge is -2.30. The standard InChI is InChI=1S/C19H22F3N5O/c1-28-8-7-27-12-24-26-18(27)13-3-2-4-15(9-13)25-16-6-5-14(11-23)17(10-16)19(20,21)22/h5-6,10,12-13,15,25H,2-4,7-9H2,1H3. The zero-order chi connectivity index (χ0) is 20.1. The molecule has 150 valence electrons. The van der Waals surface area contributed by atoms with Crippen molar-refractivity contribution in [3.8, 4) is 6.07 Å². The molecule has 1 N–H and O–H groups in total. The van der Waals surface area contributed by atoms with E-state index in [1.165, 1.54) is 12.1 Å². The van der Waals surface area contributed by atoms with Crippen LogP contribution in [0.3, 0.4) is 0 Å². The summed E-state index contributed by atoms with van der Waals surface area (Å²) in [4.78, 5) is 0. The first-order valence-corrected chi connectivity index (χ1v) is 9.17. The van der Waals surface area contributed by atoms with Crippen LogP contribution in [0.4, 0.5) is 18.9 Å². The molecule has 1 aliphatic carbocycles. The van der Waals surface area contributed by atoms with Gasteiger partial charge in [0.25, 0.3) is 0 Å². The lowest BCUT2D eigenvalue weighted by molar-refractivity contribution is -0.137. The number of nitrogens with zero attached hydrogens (tertiary/aromatic N) is 4. The van der Waals surface area contributed by atoms with Gasteiger partial charge in [0, 0.05) is 31.3 Å². The van der Waals surface area contributed by atoms with Gasteiger partial charge in [-0.3, -0.25) is 0 Å². The molecule has 0 saturated heterocycles. The van der Waals surface area contributed by atoms with Gasteiger partial charge in [-0.25, -0.2) is 0 Å². The second kappa shape index (κ2) is 8.61. The Morgan fingerprint density at radius 1 is 1.36 bits per heavy atom. The molecule has 1 heterocycles. The molecule has 0 amide bonds. The van der Waals surface area contributed by atoms with Crippen LogP contribution >= 0.6 is 0 Å². The number of methoxy groups -OCH3 is 1. The van der Waals surface area contributed by atoms with Crippen molar-refractivity contribution in [2.45, 2.75) is 50.4 Å². The number of alkyl halides is 3. The molecule has 2 aromatic rings. The molecule has 1 aromatic carbocycles. The van der Waals surface area contributed by atoms with E-state index < -0.39 is 11.7 Å². The van der Waals surface area contributed by atoms with Gasteiger partial charge in [-0.1, -0.05) is 6.42 Å². The van der Waals surface area contributed by atoms with Gasteiger partial charge in [-0.05, 0) is 37.5 Å². The number of nitriles is 1. The van der Waals surface area contributed by atoms with Crippen molar-refractivity contribution >= 4 is 5.69 Å². The molecule has 0 bridgehead atoms. The van der Waals surface area contributed by atoms with Gasteiger partial charge < -0.3 is 14.6 Å². The summed E-state index contributed by atoms with van der Waals surface area (Å²) in [7, 11) is 1.64. The number of hydrogen-bond donors (Lipinski definition) is 1. The minimum absolute atomic E-state index is 0.0281. The van der Waals surface area contributed by atoms with E-state index in [2.05, 4.69) is 15.5 Å². The number of benzene rings is 1. The quantitative estimate of drug-likeness (QED) is 0.804. The van der Waals surface area contributed by atoms with Gasteiger partial charge in [0.05, 0.1) is 23.8 Å². The maximum atomic E-state index is 13.2. The summed E-state index contributed by atoms with van der Waals surface area (Å²) in [6.45, 7) is 1.23. The summed E-state index contributed by atoms with van der Waals surface area (Å²) in [5.74, 6) is 1.07. The third-order valence-electron chi connectivity index (χ3n) is 5.04. The van der Waals surface area contributed by atoms with Crippen LogP contribution in [0, 0.1) is 11.3 Å². The summed E-state index contributed by atoms with van der Waals surface area (Å²) < 4.78 is 46.6. The van der Waals surface area contributed by atoms with Crippen molar-refractivity contribution in [3.63, 3.8) is 0 Å². The van der Waals surface area contributed by atoms with E-state index in [1.54, 1.807) is 19.5 Å². The Morgan fingerprint density at radius 3 is 2.89 bits per heavy atom. The summed E-state index contributed by atoms with van der Waals surface area (Å²) in [6, 6.07) is 5.39. The molecule has 2 unspecified atom stereocenters. The molecule has 3 rings (SSSR count). The van der Waals surface area contributed by atoms with E-state index in [-0.39, 0.29) is 17.5 Å². The number of rotatable bonds is 6. The van der Waals surface area contributed by atoms with Crippen LogP contribution in [0.25, 0.3) is 0 Å². The average Bonchev–Trinajstić information content (AvgIpc) is 3.14. The monoisotopic (exact) mass is 393 g/mol. The highest BCUT2D eigenvalue weighted by molar-refractivity contribution is 5.53. The van der Waals surface area contributed by atoms with E-state index in [4.69, 9.17) is 10.00 Å². The Labute approximate surface area is 161 Å². The predicted octanol–water partition coefficient (Wildman–Crippen LogP) is 3.95. The van der Waals surface area contributed by atoms with Crippen LogP contribution in [0.5, 0.6) is 0 Å². The number of halogens is 3. The molecular formula is C19H22F3N5O. The van der Waals surface area contributed by atoms with Gasteiger partial charge in [-0.2, -0.15) is 18.4 Å². The van der Waals surface area contributed by atoms with Gasteiger partial charge in [0.1, 0.15) is 12.2 Å². The zero-order valence-electron chi connectivity index (χ0n) is 15.5. The molecule has 1 fully saturated rings. The van der Waals surface area contributed by atoms with E-state index in [9.17, 15) is 13.2 Å². The topological polar surface area (TPSA) is 75.8 Å². The average molecular weight is 393 g/mol. The van der Waals surface area contributed by atoms with Crippen molar-refractivity contribution in [1.29, 1.82) is 5.26 Å². The predicted molar refractivity (Wildman–Crippen MR) is 96.7 cm³/mol. The van der Waals surface area contributed by atoms with Crippen molar-refractivity contribution in [2.75, 3.05) is 19.0 Å². The molecule has 28 heavy (non-hydrogen) atoms. The van der Waals surface area contributed by atoms with Gasteiger partial charge in [0.15, 0.2) is 0 Å². The molecular weight excluding hydrogens is 371 g/mol. The number of nitrogens with one attached hydrogen (secondary N) is 1. The Balaban J connectivity index is 1.72. The Bertz CT molecular complexity index is 843. The molecule has 2 atom stereocenters. The molecule has 1 saturated carbocycles. The number of aromatic nitrogens is 3. The fraction of sp³-hybridized carbons (Fsp3) is 0.526. The van der Waals surface area contributed by atoms with Crippen LogP contribution < -0.4 is 5.32 Å². The van der Waals surface area contributed by atoms with Crippen molar-refractivity contribution in [2.24, 2.45) is 0 Å². The number of ether oxygens (including phenoxy) is 1. The lowest BCUT2D eigenvalue weighted by atomic mass is 9.85. The molecule has 0 aliphatic heterocycles. The van der Waals surface area contributed by atoms with Crippen LogP contribution in [-0.2, 0) is 17.5 Å². The normalized spacial score (nSPS) is 20.0.